The molecule has 1 heterocycles. The molecule has 0 spiro atoms. The Labute approximate surface area is 168 Å². The van der Waals surface area contributed by atoms with E-state index in [1.807, 2.05) is 12.1 Å². The van der Waals surface area contributed by atoms with Gasteiger partial charge in [-0.05, 0) is 49.1 Å². The van der Waals surface area contributed by atoms with Crippen molar-refractivity contribution in [3.05, 3.63) is 54.1 Å². The van der Waals surface area contributed by atoms with E-state index in [2.05, 4.69) is 23.3 Å². The number of hydrogen-bond donors (Lipinski definition) is 1. The van der Waals surface area contributed by atoms with Crippen LogP contribution in [-0.4, -0.2) is 24.1 Å². The van der Waals surface area contributed by atoms with Crippen LogP contribution in [0.3, 0.4) is 0 Å². The van der Waals surface area contributed by atoms with Gasteiger partial charge in [-0.25, -0.2) is 13.4 Å². The minimum Gasteiger partial charge on any atom is -0.301 e. The molecule has 146 valence electrons. The van der Waals surface area contributed by atoms with Gasteiger partial charge in [-0.2, -0.15) is 0 Å². The van der Waals surface area contributed by atoms with Gasteiger partial charge in [0.05, 0.1) is 15.1 Å². The molecule has 0 aliphatic heterocycles. The lowest BCUT2D eigenvalue weighted by Crippen LogP contribution is -2.47. The average Bonchev–Trinajstić information content (AvgIpc) is 3.35. The maximum Gasteiger partial charge on any atom is 0.248 e. The van der Waals surface area contributed by atoms with Crippen molar-refractivity contribution in [1.29, 1.82) is 0 Å². The summed E-state index contributed by atoms with van der Waals surface area (Å²) >= 11 is 1.38. The molecule has 4 rings (SSSR count). The number of carbonyl (C=O) groups is 1. The second-order valence-corrected chi connectivity index (χ2v) is 10.4. The summed E-state index contributed by atoms with van der Waals surface area (Å²) in [6.07, 6.45) is 3.04. The number of rotatable bonds is 5. The van der Waals surface area contributed by atoms with Crippen molar-refractivity contribution in [1.82, 2.24) is 4.98 Å². The van der Waals surface area contributed by atoms with Crippen LogP contribution in [0, 0.1) is 0 Å². The SMILES string of the molecule is CCc1ccc2nc(NC(=O)C3(S(=O)(=O)c4ccccc4)CCCC3)sc2c1. The Bertz CT molecular complexity index is 1120. The lowest BCUT2D eigenvalue weighted by molar-refractivity contribution is -0.118. The van der Waals surface area contributed by atoms with Gasteiger partial charge >= 0.3 is 0 Å². The van der Waals surface area contributed by atoms with Gasteiger partial charge in [0.1, 0.15) is 0 Å². The van der Waals surface area contributed by atoms with Gasteiger partial charge in [-0.1, -0.05) is 55.4 Å². The van der Waals surface area contributed by atoms with E-state index in [0.29, 0.717) is 18.0 Å². The van der Waals surface area contributed by atoms with Crippen molar-refractivity contribution in [2.24, 2.45) is 0 Å². The molecule has 0 unspecified atom stereocenters. The van der Waals surface area contributed by atoms with Gasteiger partial charge < -0.3 is 5.32 Å². The highest BCUT2D eigenvalue weighted by molar-refractivity contribution is 7.93. The molecule has 1 aliphatic rings. The second kappa shape index (κ2) is 7.29. The molecule has 1 aliphatic carbocycles. The zero-order valence-corrected chi connectivity index (χ0v) is 17.3. The van der Waals surface area contributed by atoms with E-state index >= 15 is 0 Å². The van der Waals surface area contributed by atoms with Crippen molar-refractivity contribution in [3.63, 3.8) is 0 Å². The highest BCUT2D eigenvalue weighted by atomic mass is 32.2. The van der Waals surface area contributed by atoms with Gasteiger partial charge in [0.25, 0.3) is 0 Å². The maximum absolute atomic E-state index is 13.4. The van der Waals surface area contributed by atoms with Crippen molar-refractivity contribution in [3.8, 4) is 0 Å². The molecule has 0 radical (unpaired) electrons. The van der Waals surface area contributed by atoms with Crippen LogP contribution < -0.4 is 5.32 Å². The van der Waals surface area contributed by atoms with E-state index in [1.54, 1.807) is 30.3 Å². The smallest absolute Gasteiger partial charge is 0.248 e. The summed E-state index contributed by atoms with van der Waals surface area (Å²) < 4.78 is 26.3. The summed E-state index contributed by atoms with van der Waals surface area (Å²) in [5.74, 6) is -0.469. The molecular weight excluding hydrogens is 392 g/mol. The Kier molecular flexibility index (Phi) is 4.97. The number of sulfone groups is 1. The van der Waals surface area contributed by atoms with E-state index in [4.69, 9.17) is 0 Å². The number of hydrogen-bond acceptors (Lipinski definition) is 5. The van der Waals surface area contributed by atoms with E-state index in [0.717, 1.165) is 29.5 Å². The molecular formula is C21H22N2O3S2. The van der Waals surface area contributed by atoms with Crippen LogP contribution in [0.2, 0.25) is 0 Å². The predicted molar refractivity (Wildman–Crippen MR) is 112 cm³/mol. The largest absolute Gasteiger partial charge is 0.301 e. The fourth-order valence-electron chi connectivity index (χ4n) is 3.84. The molecule has 1 N–H and O–H groups in total. The number of carbonyl (C=O) groups excluding carboxylic acids is 1. The number of fused-ring (bicyclic) bond motifs is 1. The normalized spacial score (nSPS) is 16.3. The van der Waals surface area contributed by atoms with Crippen LogP contribution in [0.4, 0.5) is 5.13 Å². The summed E-state index contributed by atoms with van der Waals surface area (Å²) in [7, 11) is -3.80. The first-order valence-electron chi connectivity index (χ1n) is 9.47. The predicted octanol–water partition coefficient (Wildman–Crippen LogP) is 4.58. The zero-order chi connectivity index (χ0) is 19.8. The summed E-state index contributed by atoms with van der Waals surface area (Å²) in [4.78, 5) is 17.9. The summed E-state index contributed by atoms with van der Waals surface area (Å²) in [6, 6.07) is 14.3. The average molecular weight is 415 g/mol. The Morgan fingerprint density at radius 2 is 1.86 bits per heavy atom. The molecule has 2 aromatic carbocycles. The number of amides is 1. The number of nitrogens with one attached hydrogen (secondary N) is 1. The Morgan fingerprint density at radius 1 is 1.14 bits per heavy atom. The van der Waals surface area contributed by atoms with Crippen molar-refractivity contribution in [2.45, 2.75) is 48.7 Å². The third kappa shape index (κ3) is 3.12. The molecule has 0 atom stereocenters. The van der Waals surface area contributed by atoms with E-state index in [1.165, 1.54) is 16.9 Å². The number of nitrogens with zero attached hydrogens (tertiary/aromatic N) is 1. The fourth-order valence-corrected chi connectivity index (χ4v) is 6.86. The monoisotopic (exact) mass is 414 g/mol. The number of anilines is 1. The van der Waals surface area contributed by atoms with Crippen molar-refractivity contribution >= 4 is 42.4 Å². The molecule has 0 saturated heterocycles. The van der Waals surface area contributed by atoms with Gasteiger partial charge in [0.2, 0.25) is 5.91 Å². The Balaban J connectivity index is 1.68. The highest BCUT2D eigenvalue weighted by Crippen LogP contribution is 2.42. The van der Waals surface area contributed by atoms with Gasteiger partial charge in [0, 0.05) is 0 Å². The first-order chi connectivity index (χ1) is 13.5. The van der Waals surface area contributed by atoms with E-state index in [9.17, 15) is 13.2 Å². The molecule has 28 heavy (non-hydrogen) atoms. The molecule has 1 aromatic heterocycles. The molecule has 3 aromatic rings. The first-order valence-corrected chi connectivity index (χ1v) is 11.8. The highest BCUT2D eigenvalue weighted by Gasteiger charge is 2.53. The summed E-state index contributed by atoms with van der Waals surface area (Å²) in [6.45, 7) is 2.09. The molecule has 5 nitrogen and oxygen atoms in total. The second-order valence-electron chi connectivity index (χ2n) is 7.15. The molecule has 7 heteroatoms. The number of benzene rings is 2. The summed E-state index contributed by atoms with van der Waals surface area (Å²) in [5.41, 5.74) is 2.01. The Hall–Kier alpha value is -2.25. The van der Waals surface area contributed by atoms with Crippen LogP contribution in [0.1, 0.15) is 38.2 Å². The fraction of sp³-hybridized carbons (Fsp3) is 0.333. The molecule has 1 amide bonds. The number of aryl methyl sites for hydroxylation is 1. The first kappa shape index (κ1) is 19.1. The van der Waals surface area contributed by atoms with Gasteiger partial charge in [0.15, 0.2) is 19.7 Å². The minimum absolute atomic E-state index is 0.198. The molecule has 1 fully saturated rings. The third-order valence-electron chi connectivity index (χ3n) is 5.47. The summed E-state index contributed by atoms with van der Waals surface area (Å²) in [5, 5.41) is 3.26. The number of aromatic nitrogens is 1. The van der Waals surface area contributed by atoms with Crippen molar-refractivity contribution < 1.29 is 13.2 Å². The lowest BCUT2D eigenvalue weighted by Gasteiger charge is -2.27. The quantitative estimate of drug-likeness (QED) is 0.663. The van der Waals surface area contributed by atoms with Crippen molar-refractivity contribution in [2.75, 3.05) is 5.32 Å². The molecule has 1 saturated carbocycles. The minimum atomic E-state index is -3.80. The van der Waals surface area contributed by atoms with E-state index < -0.39 is 20.5 Å². The van der Waals surface area contributed by atoms with Gasteiger partial charge in [-0.15, -0.1) is 0 Å². The van der Waals surface area contributed by atoms with Gasteiger partial charge in [-0.3, -0.25) is 4.79 Å². The van der Waals surface area contributed by atoms with E-state index in [-0.39, 0.29) is 4.90 Å². The van der Waals surface area contributed by atoms with Crippen LogP contribution in [0.5, 0.6) is 0 Å². The zero-order valence-electron chi connectivity index (χ0n) is 15.6. The maximum atomic E-state index is 13.4. The van der Waals surface area contributed by atoms with Crippen LogP contribution in [0.15, 0.2) is 53.4 Å². The molecule has 0 bridgehead atoms. The van der Waals surface area contributed by atoms with Crippen LogP contribution in [0.25, 0.3) is 10.2 Å². The lowest BCUT2D eigenvalue weighted by atomic mass is 10.1. The standard InChI is InChI=1S/C21H22N2O3S2/c1-2-15-10-11-17-18(14-15)27-20(22-17)23-19(24)21(12-6-7-13-21)28(25,26)16-8-4-3-5-9-16/h3-5,8-11,14H,2,6-7,12-13H2,1H3,(H,22,23,24). The topological polar surface area (TPSA) is 76.1 Å². The van der Waals surface area contributed by atoms with Crippen LogP contribution >= 0.6 is 11.3 Å². The third-order valence-corrected chi connectivity index (χ3v) is 8.92. The van der Waals surface area contributed by atoms with Crippen LogP contribution in [-0.2, 0) is 21.1 Å². The Morgan fingerprint density at radius 3 is 2.54 bits per heavy atom. The number of thiazole rings is 1.